The molecule has 1 aliphatic rings. The molecule has 1 aromatic carbocycles. The Labute approximate surface area is 128 Å². The Morgan fingerprint density at radius 1 is 1.32 bits per heavy atom. The van der Waals surface area contributed by atoms with Crippen molar-refractivity contribution in [1.29, 1.82) is 0 Å². The zero-order valence-electron chi connectivity index (χ0n) is 12.6. The van der Waals surface area contributed by atoms with Gasteiger partial charge in [-0.15, -0.1) is 0 Å². The highest BCUT2D eigenvalue weighted by atomic mass is 16.5. The van der Waals surface area contributed by atoms with Crippen molar-refractivity contribution in [2.24, 2.45) is 0 Å². The van der Waals surface area contributed by atoms with E-state index in [1.165, 1.54) is 7.11 Å². The zero-order valence-corrected chi connectivity index (χ0v) is 12.6. The molecule has 1 fully saturated rings. The topological polar surface area (TPSA) is 87.7 Å². The first-order valence-corrected chi connectivity index (χ1v) is 6.95. The van der Waals surface area contributed by atoms with E-state index in [-0.39, 0.29) is 6.61 Å². The molecule has 7 heteroatoms. The van der Waals surface area contributed by atoms with E-state index in [0.29, 0.717) is 17.9 Å². The van der Waals surface area contributed by atoms with Crippen molar-refractivity contribution in [3.05, 3.63) is 35.9 Å². The maximum Gasteiger partial charge on any atom is 0.344 e. The molecule has 0 radical (unpaired) electrons. The normalized spacial score (nSPS) is 20.9. The van der Waals surface area contributed by atoms with Crippen molar-refractivity contribution in [1.82, 2.24) is 15.8 Å². The summed E-state index contributed by atoms with van der Waals surface area (Å²) in [5, 5.41) is 3.34. The minimum Gasteiger partial charge on any atom is -0.375 e. The highest BCUT2D eigenvalue weighted by Crippen LogP contribution is 2.22. The van der Waals surface area contributed by atoms with Crippen LogP contribution in [0.1, 0.15) is 18.9 Å². The number of nitrogens with one attached hydrogen (secondary N) is 2. The number of carbonyl (C=O) groups excluding carboxylic acids is 3. The first-order valence-electron chi connectivity index (χ1n) is 6.95. The second-order valence-electron chi connectivity index (χ2n) is 5.36. The number of aryl methyl sites for hydroxylation is 1. The number of methoxy groups -OCH3 is 1. The lowest BCUT2D eigenvalue weighted by Crippen LogP contribution is -2.49. The summed E-state index contributed by atoms with van der Waals surface area (Å²) in [6.07, 6.45) is 1.08. The lowest BCUT2D eigenvalue weighted by Gasteiger charge is -2.21. The van der Waals surface area contributed by atoms with E-state index in [1.54, 1.807) is 6.92 Å². The molecule has 4 amide bonds. The number of carbonyl (C=O) groups is 3. The summed E-state index contributed by atoms with van der Waals surface area (Å²) in [4.78, 5) is 35.7. The fraction of sp³-hybridized carbons (Fsp3) is 0.400. The van der Waals surface area contributed by atoms with Crippen molar-refractivity contribution in [2.75, 3.05) is 13.7 Å². The zero-order chi connectivity index (χ0) is 16.2. The van der Waals surface area contributed by atoms with Gasteiger partial charge in [0.2, 0.25) is 0 Å². The molecule has 7 nitrogen and oxygen atoms in total. The number of amides is 4. The van der Waals surface area contributed by atoms with Crippen LogP contribution < -0.4 is 10.7 Å². The fourth-order valence-corrected chi connectivity index (χ4v) is 2.28. The third-order valence-corrected chi connectivity index (χ3v) is 3.53. The summed E-state index contributed by atoms with van der Waals surface area (Å²) in [5.41, 5.74) is 2.28. The van der Waals surface area contributed by atoms with E-state index in [2.05, 4.69) is 15.5 Å². The van der Waals surface area contributed by atoms with Gasteiger partial charge in [0, 0.05) is 7.11 Å². The van der Waals surface area contributed by atoms with E-state index in [0.717, 1.165) is 5.56 Å². The Bertz CT molecular complexity index is 575. The highest BCUT2D eigenvalue weighted by Gasteiger charge is 2.48. The van der Waals surface area contributed by atoms with Gasteiger partial charge in [0.25, 0.3) is 11.8 Å². The van der Waals surface area contributed by atoms with Gasteiger partial charge in [-0.25, -0.2) is 4.79 Å². The number of ether oxygens (including phenoxy) is 1. The van der Waals surface area contributed by atoms with Crippen LogP contribution in [0.3, 0.4) is 0 Å². The maximum atomic E-state index is 12.4. The Morgan fingerprint density at radius 2 is 2.00 bits per heavy atom. The van der Waals surface area contributed by atoms with Crippen molar-refractivity contribution < 1.29 is 19.1 Å². The number of hydrogen-bond donors (Lipinski definition) is 2. The lowest BCUT2D eigenvalue weighted by atomic mass is 9.93. The molecular formula is C15H19N3O4. The molecule has 0 spiro atoms. The van der Waals surface area contributed by atoms with Gasteiger partial charge in [-0.05, 0) is 25.3 Å². The average Bonchev–Trinajstić information content (AvgIpc) is 2.71. The SMILES string of the molecule is COCC(=O)NN1C(=O)N[C@](C)(CCc2ccccc2)C1=O. The third kappa shape index (κ3) is 3.43. The minimum atomic E-state index is -1.03. The number of rotatable bonds is 6. The summed E-state index contributed by atoms with van der Waals surface area (Å²) in [6.45, 7) is 1.43. The predicted octanol–water partition coefficient (Wildman–Crippen LogP) is 0.607. The summed E-state index contributed by atoms with van der Waals surface area (Å²) in [7, 11) is 1.36. The number of nitrogens with zero attached hydrogens (tertiary/aromatic N) is 1. The summed E-state index contributed by atoms with van der Waals surface area (Å²) < 4.78 is 4.66. The number of benzene rings is 1. The smallest absolute Gasteiger partial charge is 0.344 e. The van der Waals surface area contributed by atoms with Gasteiger partial charge < -0.3 is 10.1 Å². The molecule has 2 N–H and O–H groups in total. The van der Waals surface area contributed by atoms with Crippen LogP contribution in [-0.2, 0) is 20.7 Å². The molecule has 0 unspecified atom stereocenters. The van der Waals surface area contributed by atoms with E-state index < -0.39 is 23.4 Å². The van der Waals surface area contributed by atoms with Crippen LogP contribution in [0.2, 0.25) is 0 Å². The molecule has 1 aliphatic heterocycles. The Hall–Kier alpha value is -2.41. The predicted molar refractivity (Wildman–Crippen MR) is 78.6 cm³/mol. The molecule has 0 saturated carbocycles. The van der Waals surface area contributed by atoms with Crippen LogP contribution in [-0.4, -0.2) is 42.1 Å². The molecule has 1 atom stereocenters. The largest absolute Gasteiger partial charge is 0.375 e. The van der Waals surface area contributed by atoms with E-state index in [1.807, 2.05) is 30.3 Å². The van der Waals surface area contributed by atoms with Crippen molar-refractivity contribution in [3.63, 3.8) is 0 Å². The molecule has 2 rings (SSSR count). The first-order chi connectivity index (χ1) is 10.5. The second-order valence-corrected chi connectivity index (χ2v) is 5.36. The van der Waals surface area contributed by atoms with E-state index in [4.69, 9.17) is 0 Å². The molecule has 1 heterocycles. The first kappa shape index (κ1) is 16.0. The molecule has 0 aliphatic carbocycles. The molecule has 0 bridgehead atoms. The number of hydrazine groups is 1. The molecule has 1 saturated heterocycles. The van der Waals surface area contributed by atoms with Gasteiger partial charge in [0.1, 0.15) is 12.1 Å². The van der Waals surface area contributed by atoms with Crippen LogP contribution in [0.25, 0.3) is 0 Å². The molecular weight excluding hydrogens is 286 g/mol. The second kappa shape index (κ2) is 6.57. The van der Waals surface area contributed by atoms with Crippen LogP contribution in [0.15, 0.2) is 30.3 Å². The average molecular weight is 305 g/mol. The van der Waals surface area contributed by atoms with Crippen molar-refractivity contribution >= 4 is 17.8 Å². The van der Waals surface area contributed by atoms with Gasteiger partial charge in [-0.3, -0.25) is 15.0 Å². The summed E-state index contributed by atoms with van der Waals surface area (Å²) >= 11 is 0. The third-order valence-electron chi connectivity index (χ3n) is 3.53. The molecule has 118 valence electrons. The minimum absolute atomic E-state index is 0.224. The standard InChI is InChI=1S/C15H19N3O4/c1-15(9-8-11-6-4-3-5-7-11)13(20)18(14(21)16-15)17-12(19)10-22-2/h3-7H,8-10H2,1-2H3,(H,16,21)(H,17,19)/t15-/m1/s1. The quantitative estimate of drug-likeness (QED) is 0.754. The number of urea groups is 1. The van der Waals surface area contributed by atoms with Gasteiger partial charge in [0.15, 0.2) is 0 Å². The Morgan fingerprint density at radius 3 is 2.64 bits per heavy atom. The molecule has 1 aromatic rings. The fourth-order valence-electron chi connectivity index (χ4n) is 2.28. The summed E-state index contributed by atoms with van der Waals surface area (Å²) in [6, 6.07) is 9.05. The Kier molecular flexibility index (Phi) is 4.77. The maximum absolute atomic E-state index is 12.4. The van der Waals surface area contributed by atoms with Crippen molar-refractivity contribution in [2.45, 2.75) is 25.3 Å². The molecule has 22 heavy (non-hydrogen) atoms. The number of imide groups is 1. The van der Waals surface area contributed by atoms with Crippen LogP contribution in [0, 0.1) is 0 Å². The van der Waals surface area contributed by atoms with Crippen LogP contribution in [0.4, 0.5) is 4.79 Å². The monoisotopic (exact) mass is 305 g/mol. The lowest BCUT2D eigenvalue weighted by molar-refractivity contribution is -0.140. The van der Waals surface area contributed by atoms with E-state index in [9.17, 15) is 14.4 Å². The van der Waals surface area contributed by atoms with Crippen LogP contribution >= 0.6 is 0 Å². The number of hydrogen-bond acceptors (Lipinski definition) is 4. The Balaban J connectivity index is 2.01. The van der Waals surface area contributed by atoms with Gasteiger partial charge >= 0.3 is 6.03 Å². The van der Waals surface area contributed by atoms with E-state index >= 15 is 0 Å². The van der Waals surface area contributed by atoms with Gasteiger partial charge in [-0.2, -0.15) is 5.01 Å². The summed E-state index contributed by atoms with van der Waals surface area (Å²) in [5.74, 6) is -1.03. The van der Waals surface area contributed by atoms with Gasteiger partial charge in [0.05, 0.1) is 0 Å². The highest BCUT2D eigenvalue weighted by molar-refractivity contribution is 6.07. The van der Waals surface area contributed by atoms with Crippen molar-refractivity contribution in [3.8, 4) is 0 Å². The molecule has 0 aromatic heterocycles. The van der Waals surface area contributed by atoms with Gasteiger partial charge in [-0.1, -0.05) is 30.3 Å². The van der Waals surface area contributed by atoms with Crippen LogP contribution in [0.5, 0.6) is 0 Å².